The van der Waals surface area contributed by atoms with Crippen molar-refractivity contribution < 1.29 is 9.47 Å². The second-order valence-corrected chi connectivity index (χ2v) is 6.10. The van der Waals surface area contributed by atoms with Crippen LogP contribution in [0.4, 0.5) is 5.69 Å². The molecule has 1 heterocycles. The molecular formula is C20H24ClN3O2. The molecule has 2 aromatic rings. The number of ether oxygens (including phenoxy) is 2. The smallest absolute Gasteiger partial charge is 0.120 e. The highest BCUT2D eigenvalue weighted by molar-refractivity contribution is 6.30. The van der Waals surface area contributed by atoms with Gasteiger partial charge in [0, 0.05) is 38.3 Å². The third-order valence-electron chi connectivity index (χ3n) is 3.84. The van der Waals surface area contributed by atoms with Crippen LogP contribution in [0.1, 0.15) is 5.56 Å². The Morgan fingerprint density at radius 1 is 1.12 bits per heavy atom. The first kappa shape index (κ1) is 20.1. The quantitative estimate of drug-likeness (QED) is 0.814. The topological polar surface area (TPSA) is 57.5 Å². The second-order valence-electron chi connectivity index (χ2n) is 5.66. The minimum atomic E-state index is 0.494. The molecule has 0 aliphatic carbocycles. The van der Waals surface area contributed by atoms with E-state index in [9.17, 15) is 5.26 Å². The average Bonchev–Trinajstić information content (AvgIpc) is 2.70. The SMILES string of the molecule is COCCOc1ccc(N2CCNCC2)c(C#N)c1.Clc1ccccc1. The Morgan fingerprint density at radius 2 is 1.85 bits per heavy atom. The number of hydrogen-bond donors (Lipinski definition) is 1. The Balaban J connectivity index is 0.000000290. The first-order chi connectivity index (χ1) is 12.7. The van der Waals surface area contributed by atoms with Gasteiger partial charge in [0.1, 0.15) is 18.4 Å². The molecule has 1 fully saturated rings. The maximum atomic E-state index is 9.27. The van der Waals surface area contributed by atoms with E-state index in [0.717, 1.165) is 36.9 Å². The molecule has 26 heavy (non-hydrogen) atoms. The van der Waals surface area contributed by atoms with Gasteiger partial charge in [0.2, 0.25) is 0 Å². The summed E-state index contributed by atoms with van der Waals surface area (Å²) < 4.78 is 10.5. The van der Waals surface area contributed by atoms with Gasteiger partial charge < -0.3 is 19.7 Å². The lowest BCUT2D eigenvalue weighted by atomic mass is 10.1. The lowest BCUT2D eigenvalue weighted by Crippen LogP contribution is -2.43. The van der Waals surface area contributed by atoms with E-state index in [1.807, 2.05) is 42.5 Å². The summed E-state index contributed by atoms with van der Waals surface area (Å²) in [5.41, 5.74) is 1.65. The third-order valence-corrected chi connectivity index (χ3v) is 4.09. The summed E-state index contributed by atoms with van der Waals surface area (Å²) in [7, 11) is 1.64. The van der Waals surface area contributed by atoms with E-state index in [4.69, 9.17) is 21.1 Å². The number of nitrogens with zero attached hydrogens (tertiary/aromatic N) is 2. The van der Waals surface area contributed by atoms with Crippen LogP contribution in [0.25, 0.3) is 0 Å². The largest absolute Gasteiger partial charge is 0.491 e. The van der Waals surface area contributed by atoms with Crippen LogP contribution in [0, 0.1) is 11.3 Å². The van der Waals surface area contributed by atoms with Gasteiger partial charge in [-0.2, -0.15) is 5.26 Å². The summed E-state index contributed by atoms with van der Waals surface area (Å²) >= 11 is 5.54. The highest BCUT2D eigenvalue weighted by atomic mass is 35.5. The van der Waals surface area contributed by atoms with Gasteiger partial charge in [-0.1, -0.05) is 29.8 Å². The van der Waals surface area contributed by atoms with Crippen molar-refractivity contribution in [3.05, 3.63) is 59.1 Å². The Kier molecular flexibility index (Phi) is 8.77. The zero-order chi connectivity index (χ0) is 18.6. The molecule has 1 aliphatic heterocycles. The van der Waals surface area contributed by atoms with Crippen LogP contribution in [0.5, 0.6) is 5.75 Å². The van der Waals surface area contributed by atoms with Crippen LogP contribution in [-0.4, -0.2) is 46.5 Å². The predicted molar refractivity (Wildman–Crippen MR) is 105 cm³/mol. The Bertz CT molecular complexity index is 698. The van der Waals surface area contributed by atoms with Crippen LogP contribution < -0.4 is 15.0 Å². The molecule has 0 amide bonds. The Morgan fingerprint density at radius 3 is 2.42 bits per heavy atom. The van der Waals surface area contributed by atoms with Gasteiger partial charge in [-0.05, 0) is 30.3 Å². The molecule has 138 valence electrons. The monoisotopic (exact) mass is 373 g/mol. The van der Waals surface area contributed by atoms with Crippen molar-refractivity contribution in [1.29, 1.82) is 5.26 Å². The number of rotatable bonds is 5. The average molecular weight is 374 g/mol. The summed E-state index contributed by atoms with van der Waals surface area (Å²) in [6.07, 6.45) is 0. The van der Waals surface area contributed by atoms with Gasteiger partial charge in [0.25, 0.3) is 0 Å². The van der Waals surface area contributed by atoms with E-state index < -0.39 is 0 Å². The standard InChI is InChI=1S/C14H19N3O2.C6H5Cl/c1-18-8-9-19-13-2-3-14(12(10-13)11-15)17-6-4-16-5-7-17;7-6-4-2-1-3-5-6/h2-3,10,16H,4-9H2,1H3;1-5H. The fraction of sp³-hybridized carbons (Fsp3) is 0.350. The molecule has 0 unspecified atom stereocenters. The lowest BCUT2D eigenvalue weighted by Gasteiger charge is -2.30. The van der Waals surface area contributed by atoms with Crippen molar-refractivity contribution >= 4 is 17.3 Å². The summed E-state index contributed by atoms with van der Waals surface area (Å²) in [4.78, 5) is 2.23. The minimum absolute atomic E-state index is 0.494. The van der Waals surface area contributed by atoms with E-state index in [-0.39, 0.29) is 0 Å². The van der Waals surface area contributed by atoms with Crippen LogP contribution >= 0.6 is 11.6 Å². The first-order valence-corrected chi connectivity index (χ1v) is 8.94. The van der Waals surface area contributed by atoms with Crippen molar-refractivity contribution in [2.24, 2.45) is 0 Å². The zero-order valence-electron chi connectivity index (χ0n) is 15.0. The molecule has 0 spiro atoms. The van der Waals surface area contributed by atoms with Crippen molar-refractivity contribution in [2.75, 3.05) is 51.4 Å². The molecule has 0 aromatic heterocycles. The number of anilines is 1. The lowest BCUT2D eigenvalue weighted by molar-refractivity contribution is 0.146. The van der Waals surface area contributed by atoms with Crippen LogP contribution in [0.2, 0.25) is 5.02 Å². The normalized spacial score (nSPS) is 13.3. The number of piperazine rings is 1. The number of nitriles is 1. The van der Waals surface area contributed by atoms with Crippen molar-refractivity contribution in [2.45, 2.75) is 0 Å². The molecule has 5 nitrogen and oxygen atoms in total. The molecule has 1 N–H and O–H groups in total. The first-order valence-electron chi connectivity index (χ1n) is 8.56. The molecule has 3 rings (SSSR count). The van der Waals surface area contributed by atoms with Crippen molar-refractivity contribution in [3.8, 4) is 11.8 Å². The molecule has 2 aromatic carbocycles. The summed E-state index contributed by atoms with van der Waals surface area (Å²) in [5, 5.41) is 13.4. The maximum absolute atomic E-state index is 9.27. The van der Waals surface area contributed by atoms with Crippen molar-refractivity contribution in [3.63, 3.8) is 0 Å². The van der Waals surface area contributed by atoms with Crippen molar-refractivity contribution in [1.82, 2.24) is 5.32 Å². The molecular weight excluding hydrogens is 350 g/mol. The Labute approximate surface area is 160 Å². The zero-order valence-corrected chi connectivity index (χ0v) is 15.7. The van der Waals surface area contributed by atoms with Crippen LogP contribution in [0.3, 0.4) is 0 Å². The third kappa shape index (κ3) is 6.57. The van der Waals surface area contributed by atoms with E-state index in [1.54, 1.807) is 13.2 Å². The summed E-state index contributed by atoms with van der Waals surface area (Å²) in [6.45, 7) is 4.81. The molecule has 0 saturated carbocycles. The fourth-order valence-electron chi connectivity index (χ4n) is 2.53. The number of halogens is 1. The van der Waals surface area contributed by atoms with Gasteiger partial charge in [-0.3, -0.25) is 0 Å². The molecule has 0 radical (unpaired) electrons. The van der Waals surface area contributed by atoms with Gasteiger partial charge in [0.05, 0.1) is 17.9 Å². The molecule has 6 heteroatoms. The van der Waals surface area contributed by atoms with E-state index in [0.29, 0.717) is 24.5 Å². The highest BCUT2D eigenvalue weighted by Crippen LogP contribution is 2.25. The van der Waals surface area contributed by atoms with E-state index >= 15 is 0 Å². The number of hydrogen-bond acceptors (Lipinski definition) is 5. The summed E-state index contributed by atoms with van der Waals surface area (Å²) in [6, 6.07) is 17.4. The molecule has 1 saturated heterocycles. The molecule has 0 atom stereocenters. The molecule has 0 bridgehead atoms. The highest BCUT2D eigenvalue weighted by Gasteiger charge is 2.14. The van der Waals surface area contributed by atoms with Gasteiger partial charge in [-0.15, -0.1) is 0 Å². The van der Waals surface area contributed by atoms with Gasteiger partial charge in [0.15, 0.2) is 0 Å². The number of methoxy groups -OCH3 is 1. The maximum Gasteiger partial charge on any atom is 0.120 e. The van der Waals surface area contributed by atoms with Gasteiger partial charge in [-0.25, -0.2) is 0 Å². The van der Waals surface area contributed by atoms with Crippen LogP contribution in [0.15, 0.2) is 48.5 Å². The van der Waals surface area contributed by atoms with E-state index in [2.05, 4.69) is 16.3 Å². The number of nitrogens with one attached hydrogen (secondary N) is 1. The Hall–Kier alpha value is -2.26. The fourth-order valence-corrected chi connectivity index (χ4v) is 2.68. The van der Waals surface area contributed by atoms with E-state index in [1.165, 1.54) is 0 Å². The van der Waals surface area contributed by atoms with Gasteiger partial charge >= 0.3 is 0 Å². The predicted octanol–water partition coefficient (Wildman–Crippen LogP) is 3.33. The minimum Gasteiger partial charge on any atom is -0.491 e. The van der Waals surface area contributed by atoms with Crippen LogP contribution in [-0.2, 0) is 4.74 Å². The number of benzene rings is 2. The summed E-state index contributed by atoms with van der Waals surface area (Å²) in [5.74, 6) is 0.715. The second kappa shape index (κ2) is 11.4. The molecule has 1 aliphatic rings.